The largest absolute Gasteiger partial charge is 0.483 e. The Morgan fingerprint density at radius 1 is 1.07 bits per heavy atom. The van der Waals surface area contributed by atoms with Crippen LogP contribution in [0.25, 0.3) is 22.6 Å². The van der Waals surface area contributed by atoms with E-state index >= 15 is 0 Å². The number of carbonyl (C=O) groups excluding carboxylic acids is 1. The normalized spacial score (nSPS) is 11.1. The van der Waals surface area contributed by atoms with Crippen molar-refractivity contribution in [2.24, 2.45) is 0 Å². The monoisotopic (exact) mass is 400 g/mol. The second-order valence-corrected chi connectivity index (χ2v) is 7.58. The molecule has 0 fully saturated rings. The molecule has 1 N–H and O–H groups in total. The lowest BCUT2D eigenvalue weighted by molar-refractivity contribution is -0.118. The molecule has 0 atom stereocenters. The predicted molar refractivity (Wildman–Crippen MR) is 119 cm³/mol. The number of nitrogens with one attached hydrogen (secondary N) is 1. The first-order valence-electron chi connectivity index (χ1n) is 9.99. The molecule has 0 radical (unpaired) electrons. The Balaban J connectivity index is 1.48. The molecule has 4 rings (SSSR count). The van der Waals surface area contributed by atoms with E-state index in [0.29, 0.717) is 23.2 Å². The van der Waals surface area contributed by atoms with Crippen LogP contribution in [-0.2, 0) is 4.79 Å². The highest BCUT2D eigenvalue weighted by molar-refractivity contribution is 5.92. The summed E-state index contributed by atoms with van der Waals surface area (Å²) in [5.74, 6) is 1.43. The van der Waals surface area contributed by atoms with Crippen molar-refractivity contribution >= 4 is 22.7 Å². The summed E-state index contributed by atoms with van der Waals surface area (Å²) in [5, 5.41) is 2.87. The summed E-state index contributed by atoms with van der Waals surface area (Å²) in [6, 6.07) is 21.1. The van der Waals surface area contributed by atoms with Gasteiger partial charge in [0.25, 0.3) is 5.91 Å². The molecule has 1 amide bonds. The number of hydrogen-bond acceptors (Lipinski definition) is 4. The lowest BCUT2D eigenvalue weighted by Crippen LogP contribution is -2.20. The highest BCUT2D eigenvalue weighted by Gasteiger charge is 2.12. The van der Waals surface area contributed by atoms with Gasteiger partial charge in [-0.15, -0.1) is 0 Å². The molecule has 3 aromatic carbocycles. The Labute approximate surface area is 175 Å². The Kier molecular flexibility index (Phi) is 5.53. The van der Waals surface area contributed by atoms with E-state index < -0.39 is 0 Å². The first-order chi connectivity index (χ1) is 14.5. The molecule has 152 valence electrons. The molecule has 5 nitrogen and oxygen atoms in total. The summed E-state index contributed by atoms with van der Waals surface area (Å²) in [6.07, 6.45) is 0. The van der Waals surface area contributed by atoms with Gasteiger partial charge in [-0.2, -0.15) is 0 Å². The Bertz CT molecular complexity index is 1190. The summed E-state index contributed by atoms with van der Waals surface area (Å²) in [4.78, 5) is 16.9. The molecule has 0 saturated heterocycles. The van der Waals surface area contributed by atoms with E-state index in [1.165, 1.54) is 5.56 Å². The smallest absolute Gasteiger partial charge is 0.262 e. The molecule has 30 heavy (non-hydrogen) atoms. The SMILES string of the molecule is Cc1ccccc1OCC(=O)Nc1cccc(-c2nc3cc(C(C)C)ccc3o2)c1. The first kappa shape index (κ1) is 19.7. The Morgan fingerprint density at radius 2 is 1.90 bits per heavy atom. The van der Waals surface area contributed by atoms with E-state index in [2.05, 4.69) is 36.3 Å². The van der Waals surface area contributed by atoms with Gasteiger partial charge >= 0.3 is 0 Å². The number of anilines is 1. The highest BCUT2D eigenvalue weighted by Crippen LogP contribution is 2.28. The van der Waals surface area contributed by atoms with Gasteiger partial charge in [0.15, 0.2) is 12.2 Å². The maximum Gasteiger partial charge on any atom is 0.262 e. The third-order valence-corrected chi connectivity index (χ3v) is 4.92. The number of benzene rings is 3. The van der Waals surface area contributed by atoms with E-state index in [0.717, 1.165) is 22.2 Å². The summed E-state index contributed by atoms with van der Waals surface area (Å²) in [7, 11) is 0. The van der Waals surface area contributed by atoms with E-state index in [9.17, 15) is 4.79 Å². The predicted octanol–water partition coefficient (Wildman–Crippen LogP) is 5.94. The second kappa shape index (κ2) is 8.41. The molecule has 0 saturated carbocycles. The number of para-hydroxylation sites is 1. The number of ether oxygens (including phenoxy) is 1. The fourth-order valence-corrected chi connectivity index (χ4v) is 3.22. The Hall–Kier alpha value is -3.60. The van der Waals surface area contributed by atoms with Crippen LogP contribution < -0.4 is 10.1 Å². The van der Waals surface area contributed by atoms with Crippen LogP contribution in [0.3, 0.4) is 0 Å². The maximum atomic E-state index is 12.3. The van der Waals surface area contributed by atoms with Crippen molar-refractivity contribution in [3.05, 3.63) is 77.9 Å². The zero-order chi connectivity index (χ0) is 21.1. The summed E-state index contributed by atoms with van der Waals surface area (Å²) >= 11 is 0. The van der Waals surface area contributed by atoms with Crippen molar-refractivity contribution in [3.63, 3.8) is 0 Å². The van der Waals surface area contributed by atoms with Crippen LogP contribution in [0, 0.1) is 6.92 Å². The van der Waals surface area contributed by atoms with E-state index in [-0.39, 0.29) is 12.5 Å². The van der Waals surface area contributed by atoms with Crippen LogP contribution in [0.1, 0.15) is 30.9 Å². The number of aryl methyl sites for hydroxylation is 1. The molecule has 4 aromatic rings. The molecule has 5 heteroatoms. The van der Waals surface area contributed by atoms with E-state index in [4.69, 9.17) is 9.15 Å². The van der Waals surface area contributed by atoms with E-state index in [1.807, 2.05) is 61.5 Å². The van der Waals surface area contributed by atoms with Gasteiger partial charge in [-0.05, 0) is 60.4 Å². The van der Waals surface area contributed by atoms with Gasteiger partial charge in [-0.25, -0.2) is 4.98 Å². The lowest BCUT2D eigenvalue weighted by atomic mass is 10.0. The van der Waals surface area contributed by atoms with Gasteiger partial charge in [0.05, 0.1) is 0 Å². The number of amides is 1. The first-order valence-corrected chi connectivity index (χ1v) is 9.99. The summed E-state index contributed by atoms with van der Waals surface area (Å²) < 4.78 is 11.5. The molecule has 1 aromatic heterocycles. The van der Waals surface area contributed by atoms with Crippen LogP contribution in [-0.4, -0.2) is 17.5 Å². The quantitative estimate of drug-likeness (QED) is 0.435. The summed E-state index contributed by atoms with van der Waals surface area (Å²) in [6.45, 7) is 6.19. The van der Waals surface area contributed by atoms with Crippen molar-refractivity contribution in [2.45, 2.75) is 26.7 Å². The molecule has 0 aliphatic rings. The number of carbonyl (C=O) groups is 1. The minimum absolute atomic E-state index is 0.0596. The van der Waals surface area contributed by atoms with Crippen LogP contribution in [0.5, 0.6) is 5.75 Å². The van der Waals surface area contributed by atoms with E-state index in [1.54, 1.807) is 0 Å². The van der Waals surface area contributed by atoms with Gasteiger partial charge in [0, 0.05) is 11.3 Å². The number of fused-ring (bicyclic) bond motifs is 1. The fourth-order valence-electron chi connectivity index (χ4n) is 3.22. The second-order valence-electron chi connectivity index (χ2n) is 7.58. The fraction of sp³-hybridized carbons (Fsp3) is 0.200. The Morgan fingerprint density at radius 3 is 2.70 bits per heavy atom. The maximum absolute atomic E-state index is 12.3. The number of aromatic nitrogens is 1. The molecule has 0 unspecified atom stereocenters. The number of rotatable bonds is 6. The zero-order valence-corrected chi connectivity index (χ0v) is 17.3. The third kappa shape index (κ3) is 4.35. The van der Waals surface area contributed by atoms with Crippen molar-refractivity contribution < 1.29 is 13.9 Å². The molecular formula is C25H24N2O3. The lowest BCUT2D eigenvalue weighted by Gasteiger charge is -2.09. The average Bonchev–Trinajstić information content (AvgIpc) is 3.17. The zero-order valence-electron chi connectivity index (χ0n) is 17.3. The van der Waals surface area contributed by atoms with Gasteiger partial charge in [-0.1, -0.05) is 44.2 Å². The van der Waals surface area contributed by atoms with Crippen LogP contribution in [0.2, 0.25) is 0 Å². The summed E-state index contributed by atoms with van der Waals surface area (Å²) in [5.41, 5.74) is 5.25. The number of oxazole rings is 1. The number of nitrogens with zero attached hydrogens (tertiary/aromatic N) is 1. The molecule has 0 aliphatic heterocycles. The van der Waals surface area contributed by atoms with Gasteiger partial charge in [0.2, 0.25) is 5.89 Å². The van der Waals surface area contributed by atoms with Gasteiger partial charge < -0.3 is 14.5 Å². The van der Waals surface area contributed by atoms with Gasteiger partial charge in [-0.3, -0.25) is 4.79 Å². The van der Waals surface area contributed by atoms with Crippen molar-refractivity contribution in [1.82, 2.24) is 4.98 Å². The van der Waals surface area contributed by atoms with Crippen molar-refractivity contribution in [2.75, 3.05) is 11.9 Å². The van der Waals surface area contributed by atoms with Crippen molar-refractivity contribution in [1.29, 1.82) is 0 Å². The molecule has 0 spiro atoms. The third-order valence-electron chi connectivity index (χ3n) is 4.92. The van der Waals surface area contributed by atoms with Crippen LogP contribution >= 0.6 is 0 Å². The minimum atomic E-state index is -0.227. The molecular weight excluding hydrogens is 376 g/mol. The highest BCUT2D eigenvalue weighted by atomic mass is 16.5. The average molecular weight is 400 g/mol. The van der Waals surface area contributed by atoms with Gasteiger partial charge in [0.1, 0.15) is 11.3 Å². The van der Waals surface area contributed by atoms with Crippen LogP contribution in [0.15, 0.2) is 71.1 Å². The molecule has 0 aliphatic carbocycles. The molecule has 0 bridgehead atoms. The molecule has 1 heterocycles. The van der Waals surface area contributed by atoms with Crippen LogP contribution in [0.4, 0.5) is 5.69 Å². The standard InChI is InChI=1S/C25H24N2O3/c1-16(2)18-11-12-23-21(14-18)27-25(30-23)19-8-6-9-20(13-19)26-24(28)15-29-22-10-5-4-7-17(22)3/h4-14,16H,15H2,1-3H3,(H,26,28). The van der Waals surface area contributed by atoms with Crippen molar-refractivity contribution in [3.8, 4) is 17.2 Å². The topological polar surface area (TPSA) is 64.4 Å². The minimum Gasteiger partial charge on any atom is -0.483 e. The number of hydrogen-bond donors (Lipinski definition) is 1.